The van der Waals surface area contributed by atoms with Gasteiger partial charge in [0.1, 0.15) is 5.78 Å². The fraction of sp³-hybridized carbons (Fsp3) is 0.920. The number of methoxy groups -OCH3 is 1. The van der Waals surface area contributed by atoms with Crippen LogP contribution in [0.5, 0.6) is 0 Å². The van der Waals surface area contributed by atoms with E-state index >= 15 is 0 Å². The van der Waals surface area contributed by atoms with Crippen molar-refractivity contribution in [2.24, 2.45) is 46.3 Å². The molecule has 0 aromatic carbocycles. The predicted molar refractivity (Wildman–Crippen MR) is 111 cm³/mol. The van der Waals surface area contributed by atoms with E-state index in [0.29, 0.717) is 34.9 Å². The third-order valence-electron chi connectivity index (χ3n) is 10.3. The molecule has 0 N–H and O–H groups in total. The van der Waals surface area contributed by atoms with Crippen LogP contribution in [0.25, 0.3) is 0 Å². The molecular formula is C25H40O3. The van der Waals surface area contributed by atoms with Crippen LogP contribution in [-0.2, 0) is 14.3 Å². The minimum atomic E-state index is -0.0617. The molecule has 3 heteroatoms. The molecule has 3 nitrogen and oxygen atoms in total. The van der Waals surface area contributed by atoms with Crippen molar-refractivity contribution >= 4 is 11.8 Å². The monoisotopic (exact) mass is 388 g/mol. The van der Waals surface area contributed by atoms with Gasteiger partial charge >= 0.3 is 5.97 Å². The lowest BCUT2D eigenvalue weighted by atomic mass is 9.44. The second-order valence-electron chi connectivity index (χ2n) is 11.2. The highest BCUT2D eigenvalue weighted by molar-refractivity contribution is 5.79. The maximum atomic E-state index is 12.1. The predicted octanol–water partition coefficient (Wildman–Crippen LogP) is 5.80. The molecule has 0 aliphatic heterocycles. The van der Waals surface area contributed by atoms with E-state index in [-0.39, 0.29) is 5.97 Å². The SMILES string of the molecule is COC(=O)CCC(C)C1CCC2C3CC[C@@H]4CC(=O)CC[C@]4(C)C3CCC12C. The lowest BCUT2D eigenvalue weighted by molar-refractivity contribution is -0.141. The molecule has 4 aliphatic rings. The number of fused-ring (bicyclic) bond motifs is 5. The van der Waals surface area contributed by atoms with Crippen LogP contribution >= 0.6 is 0 Å². The zero-order valence-corrected chi connectivity index (χ0v) is 18.5. The van der Waals surface area contributed by atoms with Gasteiger partial charge in [-0.25, -0.2) is 0 Å². The van der Waals surface area contributed by atoms with Crippen LogP contribution in [0.4, 0.5) is 0 Å². The van der Waals surface area contributed by atoms with E-state index in [0.717, 1.165) is 49.4 Å². The Morgan fingerprint density at radius 1 is 1.07 bits per heavy atom. The van der Waals surface area contributed by atoms with Gasteiger partial charge in [0.15, 0.2) is 0 Å². The number of Topliss-reactive ketones (excluding diaryl/α,β-unsaturated/α-hetero) is 1. The summed E-state index contributed by atoms with van der Waals surface area (Å²) in [6.07, 6.45) is 12.4. The van der Waals surface area contributed by atoms with Crippen LogP contribution in [0.3, 0.4) is 0 Å². The summed E-state index contributed by atoms with van der Waals surface area (Å²) in [5, 5.41) is 0. The fourth-order valence-corrected chi connectivity index (χ4v) is 8.67. The van der Waals surface area contributed by atoms with E-state index in [2.05, 4.69) is 20.8 Å². The first-order chi connectivity index (χ1) is 13.3. The van der Waals surface area contributed by atoms with Gasteiger partial charge in [0.2, 0.25) is 0 Å². The normalized spacial score (nSPS) is 46.3. The smallest absolute Gasteiger partial charge is 0.305 e. The van der Waals surface area contributed by atoms with E-state index in [1.54, 1.807) is 0 Å². The first-order valence-electron chi connectivity index (χ1n) is 11.9. The summed E-state index contributed by atoms with van der Waals surface area (Å²) in [4.78, 5) is 23.7. The lowest BCUT2D eigenvalue weighted by Crippen LogP contribution is -2.53. The fourth-order valence-electron chi connectivity index (χ4n) is 8.67. The number of carbonyl (C=O) groups is 2. The molecule has 0 bridgehead atoms. The number of esters is 1. The second kappa shape index (κ2) is 7.43. The molecule has 4 fully saturated rings. The molecule has 0 spiro atoms. The van der Waals surface area contributed by atoms with Crippen LogP contribution in [0.2, 0.25) is 0 Å². The average molecular weight is 389 g/mol. The Hall–Kier alpha value is -0.860. The van der Waals surface area contributed by atoms with Crippen molar-refractivity contribution in [3.05, 3.63) is 0 Å². The van der Waals surface area contributed by atoms with Crippen LogP contribution in [0, 0.1) is 46.3 Å². The Kier molecular flexibility index (Phi) is 5.42. The summed E-state index contributed by atoms with van der Waals surface area (Å²) in [7, 11) is 1.50. The van der Waals surface area contributed by atoms with Gasteiger partial charge in [0.25, 0.3) is 0 Å². The van der Waals surface area contributed by atoms with Crippen molar-refractivity contribution in [1.82, 2.24) is 0 Å². The highest BCUT2D eigenvalue weighted by atomic mass is 16.5. The van der Waals surface area contributed by atoms with Crippen molar-refractivity contribution in [1.29, 1.82) is 0 Å². The summed E-state index contributed by atoms with van der Waals surface area (Å²) in [5.74, 6) is 5.01. The van der Waals surface area contributed by atoms with E-state index in [1.807, 2.05) is 0 Å². The highest BCUT2D eigenvalue weighted by Gasteiger charge is 2.60. The Morgan fingerprint density at radius 2 is 1.82 bits per heavy atom. The summed E-state index contributed by atoms with van der Waals surface area (Å²) < 4.78 is 4.87. The molecule has 6 unspecified atom stereocenters. The summed E-state index contributed by atoms with van der Waals surface area (Å²) >= 11 is 0. The van der Waals surface area contributed by atoms with Crippen molar-refractivity contribution in [3.8, 4) is 0 Å². The molecule has 0 heterocycles. The Balaban J connectivity index is 1.49. The van der Waals surface area contributed by atoms with E-state index in [4.69, 9.17) is 4.74 Å². The number of rotatable bonds is 4. The van der Waals surface area contributed by atoms with Gasteiger partial charge in [-0.3, -0.25) is 9.59 Å². The molecule has 0 amide bonds. The van der Waals surface area contributed by atoms with Crippen LogP contribution in [-0.4, -0.2) is 18.9 Å². The molecule has 0 radical (unpaired) electrons. The topological polar surface area (TPSA) is 43.4 Å². The first-order valence-corrected chi connectivity index (χ1v) is 11.9. The molecule has 8 atom stereocenters. The molecule has 0 aromatic rings. The summed E-state index contributed by atoms with van der Waals surface area (Å²) in [6.45, 7) is 7.49. The number of hydrogen-bond acceptors (Lipinski definition) is 3. The maximum Gasteiger partial charge on any atom is 0.305 e. The van der Waals surface area contributed by atoms with E-state index in [1.165, 1.54) is 45.6 Å². The number of carbonyl (C=O) groups excluding carboxylic acids is 2. The molecule has 4 rings (SSSR count). The van der Waals surface area contributed by atoms with Crippen LogP contribution < -0.4 is 0 Å². The van der Waals surface area contributed by atoms with Gasteiger partial charge in [0.05, 0.1) is 7.11 Å². The zero-order valence-electron chi connectivity index (χ0n) is 18.5. The lowest BCUT2D eigenvalue weighted by Gasteiger charge is -2.60. The number of ketones is 1. The summed E-state index contributed by atoms with van der Waals surface area (Å²) in [6, 6.07) is 0. The molecule has 0 saturated heterocycles. The average Bonchev–Trinajstić information content (AvgIpc) is 3.03. The minimum Gasteiger partial charge on any atom is -0.469 e. The molecule has 158 valence electrons. The van der Waals surface area contributed by atoms with Gasteiger partial charge < -0.3 is 4.74 Å². The van der Waals surface area contributed by atoms with Gasteiger partial charge in [-0.05, 0) is 97.7 Å². The number of hydrogen-bond donors (Lipinski definition) is 0. The number of ether oxygens (including phenoxy) is 1. The Bertz CT molecular complexity index is 627. The maximum absolute atomic E-state index is 12.1. The van der Waals surface area contributed by atoms with Crippen molar-refractivity contribution in [3.63, 3.8) is 0 Å². The van der Waals surface area contributed by atoms with Gasteiger partial charge in [-0.1, -0.05) is 20.8 Å². The van der Waals surface area contributed by atoms with Crippen LogP contribution in [0.15, 0.2) is 0 Å². The van der Waals surface area contributed by atoms with Gasteiger partial charge in [0, 0.05) is 19.3 Å². The molecule has 4 saturated carbocycles. The quantitative estimate of drug-likeness (QED) is 0.571. The van der Waals surface area contributed by atoms with E-state index in [9.17, 15) is 9.59 Å². The third-order valence-corrected chi connectivity index (χ3v) is 10.3. The Labute approximate surface area is 171 Å². The molecule has 4 aliphatic carbocycles. The molecular weight excluding hydrogens is 348 g/mol. The summed E-state index contributed by atoms with van der Waals surface area (Å²) in [5.41, 5.74) is 0.858. The van der Waals surface area contributed by atoms with Gasteiger partial charge in [-0.15, -0.1) is 0 Å². The first kappa shape index (κ1) is 20.4. The minimum absolute atomic E-state index is 0.0617. The standard InChI is InChI=1S/C25H40O3/c1-16(5-10-23(27)28-4)20-8-9-21-19-7-6-17-15-18(26)11-13-24(17,2)22(19)12-14-25(20,21)3/h16-17,19-22H,5-15H2,1-4H3/t16?,17-,19?,20?,21?,22?,24+,25?/m1/s1. The van der Waals surface area contributed by atoms with Gasteiger partial charge in [-0.2, -0.15) is 0 Å². The molecule has 0 aromatic heterocycles. The highest BCUT2D eigenvalue weighted by Crippen LogP contribution is 2.68. The van der Waals surface area contributed by atoms with Crippen LogP contribution in [0.1, 0.15) is 91.4 Å². The van der Waals surface area contributed by atoms with Crippen molar-refractivity contribution < 1.29 is 14.3 Å². The van der Waals surface area contributed by atoms with Crippen molar-refractivity contribution in [2.45, 2.75) is 91.4 Å². The van der Waals surface area contributed by atoms with Crippen molar-refractivity contribution in [2.75, 3.05) is 7.11 Å². The zero-order chi connectivity index (χ0) is 20.1. The second-order valence-corrected chi connectivity index (χ2v) is 11.2. The van der Waals surface area contributed by atoms with E-state index < -0.39 is 0 Å². The third kappa shape index (κ3) is 3.16. The molecule has 28 heavy (non-hydrogen) atoms. The Morgan fingerprint density at radius 3 is 2.57 bits per heavy atom. The largest absolute Gasteiger partial charge is 0.469 e.